The first-order valence-corrected chi connectivity index (χ1v) is 7.27. The van der Waals surface area contributed by atoms with Crippen molar-refractivity contribution >= 4 is 16.6 Å². The average molecular weight is 304 g/mol. The van der Waals surface area contributed by atoms with Crippen molar-refractivity contribution in [3.8, 4) is 22.6 Å². The van der Waals surface area contributed by atoms with Crippen molar-refractivity contribution in [3.05, 3.63) is 54.4 Å². The molecule has 0 fully saturated rings. The standard InChI is InChI=1S/C17H12N4O2/c1-10-16(11-6-7-14-15(8-11)23-20-22-14)17-18-9-12-4-2-3-5-13(12)21(17)19-10/h2-9,20H,1H3. The van der Waals surface area contributed by atoms with E-state index in [1.165, 1.54) is 0 Å². The molecule has 6 heteroatoms. The second-order valence-electron chi connectivity index (χ2n) is 5.46. The summed E-state index contributed by atoms with van der Waals surface area (Å²) in [4.78, 5) is 15.0. The highest BCUT2D eigenvalue weighted by Crippen LogP contribution is 2.37. The number of para-hydroxylation sites is 1. The molecule has 3 heterocycles. The van der Waals surface area contributed by atoms with Crippen molar-refractivity contribution in [1.82, 2.24) is 20.2 Å². The molecule has 2 aromatic heterocycles. The van der Waals surface area contributed by atoms with Crippen LogP contribution >= 0.6 is 0 Å². The molecule has 1 N–H and O–H groups in total. The predicted molar refractivity (Wildman–Crippen MR) is 85.1 cm³/mol. The highest BCUT2D eigenvalue weighted by atomic mass is 16.9. The number of hydrogen-bond acceptors (Lipinski definition) is 5. The zero-order valence-corrected chi connectivity index (χ0v) is 12.3. The van der Waals surface area contributed by atoms with Crippen molar-refractivity contribution in [2.75, 3.05) is 0 Å². The summed E-state index contributed by atoms with van der Waals surface area (Å²) >= 11 is 0. The van der Waals surface area contributed by atoms with Crippen molar-refractivity contribution in [3.63, 3.8) is 0 Å². The molecule has 0 aliphatic carbocycles. The van der Waals surface area contributed by atoms with E-state index < -0.39 is 0 Å². The zero-order valence-electron chi connectivity index (χ0n) is 12.3. The third-order valence-corrected chi connectivity index (χ3v) is 4.06. The van der Waals surface area contributed by atoms with Crippen LogP contribution in [0, 0.1) is 6.92 Å². The molecule has 5 rings (SSSR count). The van der Waals surface area contributed by atoms with Gasteiger partial charge in [-0.25, -0.2) is 9.50 Å². The third kappa shape index (κ3) is 1.72. The zero-order chi connectivity index (χ0) is 15.4. The lowest BCUT2D eigenvalue weighted by Gasteiger charge is -2.03. The van der Waals surface area contributed by atoms with Crippen LogP contribution in [0.5, 0.6) is 11.5 Å². The van der Waals surface area contributed by atoms with Gasteiger partial charge in [-0.15, -0.1) is 0 Å². The molecule has 6 nitrogen and oxygen atoms in total. The van der Waals surface area contributed by atoms with Gasteiger partial charge in [0.15, 0.2) is 17.1 Å². The molecule has 0 spiro atoms. The minimum absolute atomic E-state index is 0.655. The summed E-state index contributed by atoms with van der Waals surface area (Å²) in [5.74, 6) is 1.32. The van der Waals surface area contributed by atoms with Gasteiger partial charge in [-0.1, -0.05) is 24.3 Å². The maximum absolute atomic E-state index is 5.24. The first-order chi connectivity index (χ1) is 11.3. The molecule has 0 unspecified atom stereocenters. The van der Waals surface area contributed by atoms with E-state index in [1.54, 1.807) is 0 Å². The first-order valence-electron chi connectivity index (χ1n) is 7.27. The molecule has 0 saturated carbocycles. The van der Waals surface area contributed by atoms with Crippen molar-refractivity contribution in [1.29, 1.82) is 0 Å². The molecule has 1 aliphatic heterocycles. The maximum atomic E-state index is 5.24. The van der Waals surface area contributed by atoms with Gasteiger partial charge >= 0.3 is 0 Å². The SMILES string of the molecule is Cc1nn2c(ncc3ccccc32)c1-c1ccc2c(c1)ONO2. The Morgan fingerprint density at radius 1 is 1.04 bits per heavy atom. The Balaban J connectivity index is 1.81. The van der Waals surface area contributed by atoms with E-state index in [0.29, 0.717) is 11.5 Å². The Morgan fingerprint density at radius 2 is 1.91 bits per heavy atom. The number of nitrogens with one attached hydrogen (secondary N) is 1. The Bertz CT molecular complexity index is 1070. The minimum atomic E-state index is 0.655. The quantitative estimate of drug-likeness (QED) is 0.585. The lowest BCUT2D eigenvalue weighted by atomic mass is 10.1. The van der Waals surface area contributed by atoms with Crippen LogP contribution in [-0.2, 0) is 0 Å². The topological polar surface area (TPSA) is 60.7 Å². The summed E-state index contributed by atoms with van der Waals surface area (Å²) in [6.07, 6.45) is 1.88. The number of hydrogen-bond donors (Lipinski definition) is 1. The number of rotatable bonds is 1. The van der Waals surface area contributed by atoms with E-state index in [1.807, 2.05) is 60.1 Å². The normalized spacial score (nSPS) is 13.1. The summed E-state index contributed by atoms with van der Waals surface area (Å²) in [5, 5.41) is 5.74. The lowest BCUT2D eigenvalue weighted by Crippen LogP contribution is -2.14. The fourth-order valence-electron chi connectivity index (χ4n) is 3.00. The van der Waals surface area contributed by atoms with Gasteiger partial charge < -0.3 is 9.68 Å². The van der Waals surface area contributed by atoms with E-state index >= 15 is 0 Å². The van der Waals surface area contributed by atoms with Gasteiger partial charge in [0.1, 0.15) is 0 Å². The van der Waals surface area contributed by atoms with Crippen LogP contribution < -0.4 is 15.3 Å². The number of benzene rings is 2. The molecule has 0 atom stereocenters. The van der Waals surface area contributed by atoms with E-state index in [4.69, 9.17) is 9.68 Å². The largest absolute Gasteiger partial charge is 0.370 e. The van der Waals surface area contributed by atoms with Gasteiger partial charge in [0.2, 0.25) is 0 Å². The highest BCUT2D eigenvalue weighted by Gasteiger charge is 2.19. The second kappa shape index (κ2) is 4.44. The van der Waals surface area contributed by atoms with Gasteiger partial charge in [0, 0.05) is 22.8 Å². The van der Waals surface area contributed by atoms with Crippen molar-refractivity contribution < 1.29 is 9.68 Å². The van der Waals surface area contributed by atoms with Crippen LogP contribution in [0.4, 0.5) is 0 Å². The van der Waals surface area contributed by atoms with Gasteiger partial charge in [-0.3, -0.25) is 0 Å². The van der Waals surface area contributed by atoms with Gasteiger partial charge in [-0.2, -0.15) is 5.10 Å². The van der Waals surface area contributed by atoms with E-state index in [0.717, 1.165) is 33.4 Å². The van der Waals surface area contributed by atoms with Crippen molar-refractivity contribution in [2.24, 2.45) is 0 Å². The highest BCUT2D eigenvalue weighted by molar-refractivity contribution is 5.87. The predicted octanol–water partition coefficient (Wildman–Crippen LogP) is 3.05. The average Bonchev–Trinajstić information content (AvgIpc) is 3.17. The maximum Gasteiger partial charge on any atom is 0.196 e. The summed E-state index contributed by atoms with van der Waals surface area (Å²) in [6, 6.07) is 13.9. The Kier molecular flexibility index (Phi) is 2.40. The smallest absolute Gasteiger partial charge is 0.196 e. The second-order valence-corrected chi connectivity index (χ2v) is 5.46. The minimum Gasteiger partial charge on any atom is -0.370 e. The number of nitrogens with zero attached hydrogens (tertiary/aromatic N) is 3. The van der Waals surface area contributed by atoms with E-state index in [-0.39, 0.29) is 0 Å². The van der Waals surface area contributed by atoms with Gasteiger partial charge in [0.05, 0.1) is 11.2 Å². The molecular formula is C17H12N4O2. The third-order valence-electron chi connectivity index (χ3n) is 4.06. The van der Waals surface area contributed by atoms with Crippen LogP contribution in [0.15, 0.2) is 48.7 Å². The molecule has 0 radical (unpaired) electrons. The molecule has 0 saturated heterocycles. The summed E-state index contributed by atoms with van der Waals surface area (Å²) in [6.45, 7) is 1.99. The molecule has 1 aliphatic rings. The van der Waals surface area contributed by atoms with Crippen LogP contribution in [0.1, 0.15) is 5.69 Å². The van der Waals surface area contributed by atoms with Crippen molar-refractivity contribution in [2.45, 2.75) is 6.92 Å². The summed E-state index contributed by atoms with van der Waals surface area (Å²) in [5.41, 5.74) is 7.17. The Hall–Kier alpha value is -3.12. The van der Waals surface area contributed by atoms with E-state index in [9.17, 15) is 0 Å². The molecule has 2 aromatic carbocycles. The Labute approximate surface area is 131 Å². The Morgan fingerprint density at radius 3 is 2.87 bits per heavy atom. The molecular weight excluding hydrogens is 292 g/mol. The van der Waals surface area contributed by atoms with Crippen LogP contribution in [0.25, 0.3) is 27.7 Å². The lowest BCUT2D eigenvalue weighted by molar-refractivity contribution is 0.0260. The van der Waals surface area contributed by atoms with E-state index in [2.05, 4.69) is 15.7 Å². The first kappa shape index (κ1) is 12.4. The molecule has 4 aromatic rings. The van der Waals surface area contributed by atoms with Gasteiger partial charge in [-0.05, 0) is 30.7 Å². The van der Waals surface area contributed by atoms with Crippen LogP contribution in [0.3, 0.4) is 0 Å². The summed E-state index contributed by atoms with van der Waals surface area (Å²) in [7, 11) is 0. The summed E-state index contributed by atoms with van der Waals surface area (Å²) < 4.78 is 1.89. The molecule has 0 amide bonds. The molecule has 23 heavy (non-hydrogen) atoms. The number of aryl methyl sites for hydroxylation is 1. The van der Waals surface area contributed by atoms with Gasteiger partial charge in [0.25, 0.3) is 0 Å². The fraction of sp³-hybridized carbons (Fsp3) is 0.0588. The number of fused-ring (bicyclic) bond motifs is 4. The van der Waals surface area contributed by atoms with Crippen LogP contribution in [0.2, 0.25) is 0 Å². The molecule has 0 bridgehead atoms. The molecule has 112 valence electrons. The van der Waals surface area contributed by atoms with Crippen LogP contribution in [-0.4, -0.2) is 14.6 Å². The monoisotopic (exact) mass is 304 g/mol. The number of aromatic nitrogens is 3. The fourth-order valence-corrected chi connectivity index (χ4v) is 3.00.